The molecule has 6 nitrogen and oxygen atoms in total. The van der Waals surface area contributed by atoms with E-state index in [0.717, 1.165) is 26.1 Å². The molecule has 6 heteroatoms. The summed E-state index contributed by atoms with van der Waals surface area (Å²) in [7, 11) is 0. The predicted molar refractivity (Wildman–Crippen MR) is 98.8 cm³/mol. The summed E-state index contributed by atoms with van der Waals surface area (Å²) in [5.41, 5.74) is 1.18. The van der Waals surface area contributed by atoms with Crippen LogP contribution in [0.3, 0.4) is 0 Å². The first-order chi connectivity index (χ1) is 12.7. The number of carbonyl (C=O) groups excluding carboxylic acids is 2. The van der Waals surface area contributed by atoms with Crippen molar-refractivity contribution in [3.63, 3.8) is 0 Å². The summed E-state index contributed by atoms with van der Waals surface area (Å²) in [4.78, 5) is 28.2. The van der Waals surface area contributed by atoms with Crippen molar-refractivity contribution in [2.75, 3.05) is 39.3 Å². The van der Waals surface area contributed by atoms with Gasteiger partial charge in [-0.05, 0) is 24.1 Å². The van der Waals surface area contributed by atoms with Crippen LogP contribution in [0.2, 0.25) is 0 Å². The zero-order chi connectivity index (χ0) is 18.2. The SMILES string of the molecule is O=C(CCc1ccccc1)NCCN1CCN(C(=O)c2ccco2)CC1. The summed E-state index contributed by atoms with van der Waals surface area (Å²) in [5.74, 6) is 0.425. The van der Waals surface area contributed by atoms with Gasteiger partial charge in [0.1, 0.15) is 0 Å². The van der Waals surface area contributed by atoms with E-state index < -0.39 is 0 Å². The van der Waals surface area contributed by atoms with Crippen LogP contribution in [0.5, 0.6) is 0 Å². The minimum absolute atomic E-state index is 0.0520. The first kappa shape index (κ1) is 18.2. The Hall–Kier alpha value is -2.60. The van der Waals surface area contributed by atoms with Crippen LogP contribution < -0.4 is 5.32 Å². The minimum Gasteiger partial charge on any atom is -0.459 e. The zero-order valence-corrected chi connectivity index (χ0v) is 14.9. The molecule has 0 spiro atoms. The Morgan fingerprint density at radius 3 is 2.46 bits per heavy atom. The van der Waals surface area contributed by atoms with E-state index in [4.69, 9.17) is 4.42 Å². The van der Waals surface area contributed by atoms with E-state index in [-0.39, 0.29) is 11.8 Å². The van der Waals surface area contributed by atoms with Crippen LogP contribution in [0.4, 0.5) is 0 Å². The van der Waals surface area contributed by atoms with Gasteiger partial charge in [-0.15, -0.1) is 0 Å². The topological polar surface area (TPSA) is 65.8 Å². The summed E-state index contributed by atoms with van der Waals surface area (Å²) in [6, 6.07) is 13.5. The molecule has 1 aromatic carbocycles. The van der Waals surface area contributed by atoms with E-state index in [2.05, 4.69) is 10.2 Å². The van der Waals surface area contributed by atoms with Gasteiger partial charge in [0, 0.05) is 45.7 Å². The first-order valence-electron chi connectivity index (χ1n) is 9.08. The van der Waals surface area contributed by atoms with Crippen molar-refractivity contribution >= 4 is 11.8 Å². The molecular weight excluding hydrogens is 330 g/mol. The monoisotopic (exact) mass is 355 g/mol. The number of hydrogen-bond donors (Lipinski definition) is 1. The van der Waals surface area contributed by atoms with E-state index in [0.29, 0.717) is 31.8 Å². The zero-order valence-electron chi connectivity index (χ0n) is 14.9. The van der Waals surface area contributed by atoms with E-state index in [1.54, 1.807) is 12.1 Å². The lowest BCUT2D eigenvalue weighted by Crippen LogP contribution is -2.50. The van der Waals surface area contributed by atoms with E-state index in [9.17, 15) is 9.59 Å². The van der Waals surface area contributed by atoms with E-state index >= 15 is 0 Å². The van der Waals surface area contributed by atoms with Crippen molar-refractivity contribution in [1.29, 1.82) is 0 Å². The van der Waals surface area contributed by atoms with Crippen LogP contribution in [0, 0.1) is 0 Å². The lowest BCUT2D eigenvalue weighted by molar-refractivity contribution is -0.121. The van der Waals surface area contributed by atoms with Gasteiger partial charge in [0.15, 0.2) is 5.76 Å². The average Bonchev–Trinajstić information content (AvgIpc) is 3.22. The maximum atomic E-state index is 12.2. The normalized spacial score (nSPS) is 15.0. The molecule has 2 amide bonds. The average molecular weight is 355 g/mol. The summed E-state index contributed by atoms with van der Waals surface area (Å²) in [6.45, 7) is 4.43. The van der Waals surface area contributed by atoms with Gasteiger partial charge in [-0.2, -0.15) is 0 Å². The van der Waals surface area contributed by atoms with Crippen LogP contribution in [-0.4, -0.2) is 60.9 Å². The molecule has 1 aliphatic rings. The van der Waals surface area contributed by atoms with Gasteiger partial charge in [0.2, 0.25) is 5.91 Å². The highest BCUT2D eigenvalue weighted by molar-refractivity contribution is 5.91. The molecule has 138 valence electrons. The molecule has 0 unspecified atom stereocenters. The molecule has 1 N–H and O–H groups in total. The van der Waals surface area contributed by atoms with Gasteiger partial charge in [0.25, 0.3) is 5.91 Å². The largest absolute Gasteiger partial charge is 0.459 e. The van der Waals surface area contributed by atoms with Crippen molar-refractivity contribution in [3.05, 3.63) is 60.1 Å². The van der Waals surface area contributed by atoms with Gasteiger partial charge in [-0.1, -0.05) is 30.3 Å². The molecule has 1 fully saturated rings. The fraction of sp³-hybridized carbons (Fsp3) is 0.400. The summed E-state index contributed by atoms with van der Waals surface area (Å²) in [5, 5.41) is 2.98. The lowest BCUT2D eigenvalue weighted by Gasteiger charge is -2.34. The third-order valence-electron chi connectivity index (χ3n) is 4.63. The molecule has 2 aromatic rings. The number of nitrogens with one attached hydrogen (secondary N) is 1. The quantitative estimate of drug-likeness (QED) is 0.822. The molecule has 0 aliphatic carbocycles. The Bertz CT molecular complexity index is 692. The highest BCUT2D eigenvalue weighted by Crippen LogP contribution is 2.09. The maximum absolute atomic E-state index is 12.2. The second-order valence-corrected chi connectivity index (χ2v) is 6.45. The molecular formula is C20H25N3O3. The molecule has 0 saturated carbocycles. The third-order valence-corrected chi connectivity index (χ3v) is 4.63. The predicted octanol–water partition coefficient (Wildman–Crippen LogP) is 1.79. The molecule has 2 heterocycles. The number of rotatable bonds is 7. The number of piperazine rings is 1. The lowest BCUT2D eigenvalue weighted by atomic mass is 10.1. The number of furan rings is 1. The molecule has 0 bridgehead atoms. The molecule has 0 atom stereocenters. The molecule has 26 heavy (non-hydrogen) atoms. The highest BCUT2D eigenvalue weighted by Gasteiger charge is 2.23. The fourth-order valence-electron chi connectivity index (χ4n) is 3.08. The standard InChI is InChI=1S/C20H25N3O3/c24-19(9-8-17-5-2-1-3-6-17)21-10-11-22-12-14-23(15-13-22)20(25)18-7-4-16-26-18/h1-7,16H,8-15H2,(H,21,24). The Labute approximate surface area is 153 Å². The van der Waals surface area contributed by atoms with Crippen molar-refractivity contribution in [1.82, 2.24) is 15.1 Å². The second kappa shape index (κ2) is 9.20. The second-order valence-electron chi connectivity index (χ2n) is 6.45. The van der Waals surface area contributed by atoms with Crippen molar-refractivity contribution in [3.8, 4) is 0 Å². The van der Waals surface area contributed by atoms with Crippen LogP contribution >= 0.6 is 0 Å². The Morgan fingerprint density at radius 1 is 1.00 bits per heavy atom. The Morgan fingerprint density at radius 2 is 1.77 bits per heavy atom. The number of nitrogens with zero attached hydrogens (tertiary/aromatic N) is 2. The number of carbonyl (C=O) groups is 2. The van der Waals surface area contributed by atoms with Gasteiger partial charge in [-0.25, -0.2) is 0 Å². The van der Waals surface area contributed by atoms with Gasteiger partial charge in [-0.3, -0.25) is 14.5 Å². The fourth-order valence-corrected chi connectivity index (χ4v) is 3.08. The smallest absolute Gasteiger partial charge is 0.289 e. The summed E-state index contributed by atoms with van der Waals surface area (Å²) in [6.07, 6.45) is 2.79. The number of benzene rings is 1. The van der Waals surface area contributed by atoms with Gasteiger partial charge < -0.3 is 14.6 Å². The maximum Gasteiger partial charge on any atom is 0.289 e. The van der Waals surface area contributed by atoms with Crippen LogP contribution in [0.25, 0.3) is 0 Å². The molecule has 1 aliphatic heterocycles. The number of amides is 2. The molecule has 3 rings (SSSR count). The Balaban J connectivity index is 1.30. The summed E-state index contributed by atoms with van der Waals surface area (Å²) < 4.78 is 5.17. The summed E-state index contributed by atoms with van der Waals surface area (Å²) >= 11 is 0. The minimum atomic E-state index is -0.0520. The van der Waals surface area contributed by atoms with E-state index in [1.165, 1.54) is 11.8 Å². The van der Waals surface area contributed by atoms with E-state index in [1.807, 2.05) is 35.2 Å². The van der Waals surface area contributed by atoms with Crippen LogP contribution in [0.1, 0.15) is 22.5 Å². The highest BCUT2D eigenvalue weighted by atomic mass is 16.3. The van der Waals surface area contributed by atoms with Crippen molar-refractivity contribution < 1.29 is 14.0 Å². The van der Waals surface area contributed by atoms with Crippen molar-refractivity contribution in [2.45, 2.75) is 12.8 Å². The third kappa shape index (κ3) is 5.20. The van der Waals surface area contributed by atoms with Crippen molar-refractivity contribution in [2.24, 2.45) is 0 Å². The molecule has 0 radical (unpaired) electrons. The first-order valence-corrected chi connectivity index (χ1v) is 9.08. The van der Waals surface area contributed by atoms with Gasteiger partial charge in [0.05, 0.1) is 6.26 Å². The number of hydrogen-bond acceptors (Lipinski definition) is 4. The molecule has 1 aromatic heterocycles. The van der Waals surface area contributed by atoms with Crippen LogP contribution in [0.15, 0.2) is 53.1 Å². The Kier molecular flexibility index (Phi) is 6.44. The number of aryl methyl sites for hydroxylation is 1. The molecule has 1 saturated heterocycles. The van der Waals surface area contributed by atoms with Gasteiger partial charge >= 0.3 is 0 Å². The van der Waals surface area contributed by atoms with Crippen LogP contribution in [-0.2, 0) is 11.2 Å².